The summed E-state index contributed by atoms with van der Waals surface area (Å²) in [7, 11) is 1.31. The number of nitrogens with one attached hydrogen (secondary N) is 1. The van der Waals surface area contributed by atoms with Crippen LogP contribution in [0.2, 0.25) is 0 Å². The number of carbonyl (C=O) groups is 1. The third-order valence-corrected chi connectivity index (χ3v) is 1.50. The minimum absolute atomic E-state index is 0.412. The van der Waals surface area contributed by atoms with Crippen LogP contribution < -0.4 is 5.73 Å². The molecule has 1 aromatic heterocycles. The van der Waals surface area contributed by atoms with Crippen LogP contribution in [0.3, 0.4) is 0 Å². The Balaban J connectivity index is 2.47. The van der Waals surface area contributed by atoms with Crippen molar-refractivity contribution < 1.29 is 9.53 Å². The molecular formula is C7H11N3O2. The summed E-state index contributed by atoms with van der Waals surface area (Å²) < 4.78 is 4.46. The minimum Gasteiger partial charge on any atom is -0.468 e. The summed E-state index contributed by atoms with van der Waals surface area (Å²) in [6, 6.07) is -0.615. The molecule has 0 amide bonds. The van der Waals surface area contributed by atoms with E-state index in [1.165, 1.54) is 7.11 Å². The number of nitrogens with zero attached hydrogens (tertiary/aromatic N) is 1. The number of methoxy groups -OCH3 is 1. The van der Waals surface area contributed by atoms with Crippen molar-refractivity contribution in [3.63, 3.8) is 0 Å². The maximum atomic E-state index is 10.9. The van der Waals surface area contributed by atoms with Crippen LogP contribution in [-0.2, 0) is 16.0 Å². The molecule has 12 heavy (non-hydrogen) atoms. The van der Waals surface area contributed by atoms with Crippen LogP contribution in [0.5, 0.6) is 0 Å². The number of aromatic amines is 1. The molecule has 0 aliphatic rings. The highest BCUT2D eigenvalue weighted by Gasteiger charge is 2.14. The SMILES string of the molecule is COC(=O)[C@H](N)Cc1cnc[nH]1. The van der Waals surface area contributed by atoms with E-state index in [1.807, 2.05) is 0 Å². The smallest absolute Gasteiger partial charge is 0.323 e. The van der Waals surface area contributed by atoms with E-state index in [0.29, 0.717) is 6.42 Å². The second kappa shape index (κ2) is 3.87. The van der Waals surface area contributed by atoms with Crippen LogP contribution in [0, 0.1) is 0 Å². The van der Waals surface area contributed by atoms with Gasteiger partial charge in [-0.05, 0) is 0 Å². The van der Waals surface area contributed by atoms with E-state index in [9.17, 15) is 4.79 Å². The van der Waals surface area contributed by atoms with Gasteiger partial charge >= 0.3 is 5.97 Å². The summed E-state index contributed by atoms with van der Waals surface area (Å²) in [6.45, 7) is 0. The molecule has 0 bridgehead atoms. The van der Waals surface area contributed by atoms with Gasteiger partial charge in [0.25, 0.3) is 0 Å². The predicted octanol–water partition coefficient (Wildman–Crippen LogP) is -0.548. The molecule has 0 aliphatic carbocycles. The van der Waals surface area contributed by atoms with E-state index in [-0.39, 0.29) is 0 Å². The molecule has 1 heterocycles. The fourth-order valence-electron chi connectivity index (χ4n) is 0.868. The van der Waals surface area contributed by atoms with E-state index < -0.39 is 12.0 Å². The maximum absolute atomic E-state index is 10.9. The fourth-order valence-corrected chi connectivity index (χ4v) is 0.868. The first-order chi connectivity index (χ1) is 5.74. The molecular weight excluding hydrogens is 158 g/mol. The highest BCUT2D eigenvalue weighted by Crippen LogP contribution is 1.96. The molecule has 0 fully saturated rings. The van der Waals surface area contributed by atoms with E-state index in [2.05, 4.69) is 14.7 Å². The van der Waals surface area contributed by atoms with Crippen molar-refractivity contribution in [2.75, 3.05) is 7.11 Å². The second-order valence-electron chi connectivity index (χ2n) is 2.41. The van der Waals surface area contributed by atoms with E-state index in [1.54, 1.807) is 12.5 Å². The Bertz CT molecular complexity index is 245. The molecule has 5 nitrogen and oxygen atoms in total. The van der Waals surface area contributed by atoms with Crippen LogP contribution in [0.1, 0.15) is 5.69 Å². The van der Waals surface area contributed by atoms with Gasteiger partial charge in [-0.15, -0.1) is 0 Å². The average molecular weight is 169 g/mol. The highest BCUT2D eigenvalue weighted by atomic mass is 16.5. The molecule has 0 radical (unpaired) electrons. The summed E-state index contributed by atoms with van der Waals surface area (Å²) >= 11 is 0. The van der Waals surface area contributed by atoms with Crippen LogP contribution in [0.4, 0.5) is 0 Å². The Labute approximate surface area is 69.9 Å². The first-order valence-corrected chi connectivity index (χ1v) is 3.54. The third kappa shape index (κ3) is 2.06. The van der Waals surface area contributed by atoms with Gasteiger partial charge in [0, 0.05) is 18.3 Å². The van der Waals surface area contributed by atoms with Gasteiger partial charge in [-0.1, -0.05) is 0 Å². The number of imidazole rings is 1. The standard InChI is InChI=1S/C7H11N3O2/c1-12-7(11)6(8)2-5-3-9-4-10-5/h3-4,6H,2,8H2,1H3,(H,9,10)/t6-/m1/s1. The molecule has 0 saturated heterocycles. The number of hydrogen-bond donors (Lipinski definition) is 2. The number of H-pyrrole nitrogens is 1. The molecule has 1 aromatic rings. The maximum Gasteiger partial charge on any atom is 0.323 e. The quantitative estimate of drug-likeness (QED) is 0.595. The zero-order valence-electron chi connectivity index (χ0n) is 6.78. The van der Waals surface area contributed by atoms with Gasteiger partial charge in [-0.3, -0.25) is 4.79 Å². The number of esters is 1. The van der Waals surface area contributed by atoms with Gasteiger partial charge in [0.2, 0.25) is 0 Å². The molecule has 0 aromatic carbocycles. The zero-order valence-corrected chi connectivity index (χ0v) is 6.78. The van der Waals surface area contributed by atoms with Gasteiger partial charge in [0.05, 0.1) is 13.4 Å². The fraction of sp³-hybridized carbons (Fsp3) is 0.429. The summed E-state index contributed by atoms with van der Waals surface area (Å²) in [6.07, 6.45) is 3.59. The Morgan fingerprint density at radius 3 is 3.17 bits per heavy atom. The Kier molecular flexibility index (Phi) is 2.82. The lowest BCUT2D eigenvalue weighted by atomic mass is 10.2. The number of carbonyl (C=O) groups excluding carboxylic acids is 1. The van der Waals surface area contributed by atoms with Crippen molar-refractivity contribution >= 4 is 5.97 Å². The van der Waals surface area contributed by atoms with Crippen LogP contribution in [0.25, 0.3) is 0 Å². The van der Waals surface area contributed by atoms with Gasteiger partial charge in [0.1, 0.15) is 6.04 Å². The van der Waals surface area contributed by atoms with Crippen molar-refractivity contribution in [3.05, 3.63) is 18.2 Å². The molecule has 0 aliphatic heterocycles. The van der Waals surface area contributed by atoms with Gasteiger partial charge in [0.15, 0.2) is 0 Å². The lowest BCUT2D eigenvalue weighted by molar-refractivity contribution is -0.142. The van der Waals surface area contributed by atoms with Crippen molar-refractivity contribution in [1.29, 1.82) is 0 Å². The van der Waals surface area contributed by atoms with Crippen molar-refractivity contribution in [2.24, 2.45) is 5.73 Å². The van der Waals surface area contributed by atoms with E-state index in [0.717, 1.165) is 5.69 Å². The van der Waals surface area contributed by atoms with E-state index in [4.69, 9.17) is 5.73 Å². The normalized spacial score (nSPS) is 12.5. The molecule has 3 N–H and O–H groups in total. The minimum atomic E-state index is -0.615. The van der Waals surface area contributed by atoms with Crippen LogP contribution >= 0.6 is 0 Å². The summed E-state index contributed by atoms with van der Waals surface area (Å²) in [4.78, 5) is 17.5. The van der Waals surface area contributed by atoms with Gasteiger partial charge < -0.3 is 15.5 Å². The molecule has 0 saturated carbocycles. The first-order valence-electron chi connectivity index (χ1n) is 3.54. The second-order valence-corrected chi connectivity index (χ2v) is 2.41. The lowest BCUT2D eigenvalue weighted by Gasteiger charge is -2.06. The van der Waals surface area contributed by atoms with Gasteiger partial charge in [-0.25, -0.2) is 4.98 Å². The van der Waals surface area contributed by atoms with Crippen molar-refractivity contribution in [2.45, 2.75) is 12.5 Å². The topological polar surface area (TPSA) is 81.0 Å². The van der Waals surface area contributed by atoms with E-state index >= 15 is 0 Å². The van der Waals surface area contributed by atoms with Crippen LogP contribution in [-0.4, -0.2) is 29.1 Å². The van der Waals surface area contributed by atoms with Gasteiger partial charge in [-0.2, -0.15) is 0 Å². The number of nitrogens with two attached hydrogens (primary N) is 1. The number of hydrogen-bond acceptors (Lipinski definition) is 4. The predicted molar refractivity (Wildman–Crippen MR) is 42.3 cm³/mol. The summed E-state index contributed by atoms with van der Waals surface area (Å²) in [5.41, 5.74) is 6.32. The molecule has 1 atom stereocenters. The third-order valence-electron chi connectivity index (χ3n) is 1.50. The molecule has 0 spiro atoms. The molecule has 1 rings (SSSR count). The Hall–Kier alpha value is -1.36. The summed E-state index contributed by atoms with van der Waals surface area (Å²) in [5, 5.41) is 0. The largest absolute Gasteiger partial charge is 0.468 e. The highest BCUT2D eigenvalue weighted by molar-refractivity contribution is 5.75. The average Bonchev–Trinajstić information content (AvgIpc) is 2.55. The number of ether oxygens (including phenoxy) is 1. The van der Waals surface area contributed by atoms with Crippen LogP contribution in [0.15, 0.2) is 12.5 Å². The Morgan fingerprint density at radius 2 is 2.67 bits per heavy atom. The van der Waals surface area contributed by atoms with Crippen molar-refractivity contribution in [3.8, 4) is 0 Å². The van der Waals surface area contributed by atoms with Crippen molar-refractivity contribution in [1.82, 2.24) is 9.97 Å². The number of rotatable bonds is 3. The molecule has 66 valence electrons. The number of aromatic nitrogens is 2. The lowest BCUT2D eigenvalue weighted by Crippen LogP contribution is -2.33. The monoisotopic (exact) mass is 169 g/mol. The summed E-state index contributed by atoms with van der Waals surface area (Å²) in [5.74, 6) is -0.412. The Morgan fingerprint density at radius 1 is 1.92 bits per heavy atom. The first kappa shape index (κ1) is 8.73. The molecule has 0 unspecified atom stereocenters. The zero-order chi connectivity index (χ0) is 8.97. The molecule has 5 heteroatoms.